The first-order chi connectivity index (χ1) is 8.22. The number of halogens is 1. The van der Waals surface area contributed by atoms with Gasteiger partial charge in [0.25, 0.3) is 0 Å². The van der Waals surface area contributed by atoms with Crippen LogP contribution in [-0.2, 0) is 39.3 Å². The summed E-state index contributed by atoms with van der Waals surface area (Å²) in [6, 6.07) is 12.9. The Labute approximate surface area is 130 Å². The fourth-order valence-electron chi connectivity index (χ4n) is 1.57. The molecule has 0 aliphatic heterocycles. The summed E-state index contributed by atoms with van der Waals surface area (Å²) in [5.41, 5.74) is 1.33. The van der Waals surface area contributed by atoms with E-state index in [0.717, 1.165) is 0 Å². The molecule has 0 unspecified atom stereocenters. The molecule has 18 heavy (non-hydrogen) atoms. The first kappa shape index (κ1) is 15.2. The maximum absolute atomic E-state index is 12.7. The number of aliphatic hydroxyl groups is 1. The van der Waals surface area contributed by atoms with E-state index in [0.29, 0.717) is 16.7 Å². The molecule has 89 valence electrons. The molecule has 0 atom stereocenters. The second-order valence-electron chi connectivity index (χ2n) is 3.58. The van der Waals surface area contributed by atoms with Crippen LogP contribution in [0, 0.1) is 11.9 Å². The summed E-state index contributed by atoms with van der Waals surface area (Å²) in [5, 5.41) is 9.13. The fourth-order valence-corrected chi connectivity index (χ4v) is 1.57. The first-order valence-electron chi connectivity index (χ1n) is 5.12. The van der Waals surface area contributed by atoms with Gasteiger partial charge in [-0.05, 0) is 24.3 Å². The molecule has 4 heteroatoms. The molecule has 0 bridgehead atoms. The first-order valence-corrected chi connectivity index (χ1v) is 5.12. The molecule has 0 aliphatic carbocycles. The Bertz CT molecular complexity index is 538. The molecule has 0 aliphatic rings. The van der Waals surface area contributed by atoms with Gasteiger partial charge in [0.2, 0.25) is 0 Å². The summed E-state index contributed by atoms with van der Waals surface area (Å²) in [7, 11) is 0. The van der Waals surface area contributed by atoms with Gasteiger partial charge in [-0.2, -0.15) is 24.3 Å². The molecule has 0 amide bonds. The third kappa shape index (κ3) is 3.32. The molecule has 0 saturated heterocycles. The second kappa shape index (κ2) is 6.88. The van der Waals surface area contributed by atoms with Gasteiger partial charge in [0.05, 0.1) is 0 Å². The Hall–Kier alpha value is -0.896. The number of carbonyl (C=O) groups excluding carboxylic acids is 1. The molecule has 2 nitrogen and oxygen atoms in total. The third-order valence-corrected chi connectivity index (χ3v) is 2.47. The van der Waals surface area contributed by atoms with Gasteiger partial charge in [0.1, 0.15) is 5.82 Å². The summed E-state index contributed by atoms with van der Waals surface area (Å²) in [5.74, 6) is -0.617. The van der Waals surface area contributed by atoms with Crippen molar-refractivity contribution in [2.75, 3.05) is 0 Å². The van der Waals surface area contributed by atoms with Crippen LogP contribution < -0.4 is 0 Å². The molecular weight excluding hydrogens is 308 g/mol. The van der Waals surface area contributed by atoms with Crippen molar-refractivity contribution in [3.8, 4) is 0 Å². The second-order valence-corrected chi connectivity index (χ2v) is 3.58. The fraction of sp³-hybridized carbons (Fsp3) is 0.0714. The minimum atomic E-state index is -0.384. The van der Waals surface area contributed by atoms with E-state index in [1.807, 2.05) is 0 Å². The molecule has 1 radical (unpaired) electrons. The van der Waals surface area contributed by atoms with Crippen molar-refractivity contribution in [3.05, 3.63) is 71.0 Å². The summed E-state index contributed by atoms with van der Waals surface area (Å²) in [6.45, 7) is -0.223. The van der Waals surface area contributed by atoms with E-state index in [2.05, 4.69) is 6.07 Å². The minimum absolute atomic E-state index is 0. The molecule has 0 aromatic heterocycles. The maximum atomic E-state index is 12.7. The smallest absolute Gasteiger partial charge is 0.169 e. The van der Waals surface area contributed by atoms with Gasteiger partial charge < -0.3 is 5.11 Å². The van der Waals surface area contributed by atoms with Crippen LogP contribution in [0.1, 0.15) is 21.5 Å². The predicted molar refractivity (Wildman–Crippen MR) is 61.0 cm³/mol. The van der Waals surface area contributed by atoms with Gasteiger partial charge in [-0.15, -0.1) is 5.56 Å². The Kier molecular flexibility index (Phi) is 5.80. The van der Waals surface area contributed by atoms with E-state index in [1.54, 1.807) is 18.2 Å². The standard InChI is InChI=1S/C14H10FO2.Y/c15-12-7-5-10(6-8-12)14(17)13-4-2-1-3-11(13)9-16;/h2-8,16H,9H2;/q-1;. The van der Waals surface area contributed by atoms with E-state index in [4.69, 9.17) is 5.11 Å². The van der Waals surface area contributed by atoms with Crippen molar-refractivity contribution in [3.63, 3.8) is 0 Å². The number of benzene rings is 2. The number of hydrogen-bond donors (Lipinski definition) is 1. The Morgan fingerprint density at radius 2 is 1.89 bits per heavy atom. The van der Waals surface area contributed by atoms with Gasteiger partial charge in [0, 0.05) is 44.9 Å². The van der Waals surface area contributed by atoms with Crippen molar-refractivity contribution in [2.24, 2.45) is 0 Å². The zero-order valence-electron chi connectivity index (χ0n) is 9.56. The molecule has 0 spiro atoms. The molecule has 2 aromatic rings. The quantitative estimate of drug-likeness (QED) is 0.697. The number of carbonyl (C=O) groups is 1. The molecule has 0 saturated carbocycles. The average molecular weight is 318 g/mol. The van der Waals surface area contributed by atoms with Crippen molar-refractivity contribution in [2.45, 2.75) is 6.61 Å². The maximum Gasteiger partial charge on any atom is 0.169 e. The van der Waals surface area contributed by atoms with Gasteiger partial charge in [-0.3, -0.25) is 4.79 Å². The van der Waals surface area contributed by atoms with Crippen LogP contribution in [0.4, 0.5) is 4.39 Å². The van der Waals surface area contributed by atoms with Crippen LogP contribution in [-0.4, -0.2) is 10.9 Å². The van der Waals surface area contributed by atoms with E-state index in [-0.39, 0.29) is 50.9 Å². The van der Waals surface area contributed by atoms with Gasteiger partial charge in [-0.1, -0.05) is 5.56 Å². The zero-order chi connectivity index (χ0) is 12.3. The summed E-state index contributed by atoms with van der Waals surface area (Å²) in [4.78, 5) is 12.1. The van der Waals surface area contributed by atoms with Crippen molar-refractivity contribution in [1.29, 1.82) is 0 Å². The molecule has 2 aromatic carbocycles. The molecule has 0 heterocycles. The van der Waals surface area contributed by atoms with E-state index in [1.165, 1.54) is 24.3 Å². The molecule has 0 fully saturated rings. The Morgan fingerprint density at radius 3 is 2.50 bits per heavy atom. The molecular formula is C14H10FO2Y-. The Morgan fingerprint density at radius 1 is 1.22 bits per heavy atom. The van der Waals surface area contributed by atoms with Gasteiger partial charge in [-0.25, -0.2) is 4.39 Å². The number of ketones is 1. The van der Waals surface area contributed by atoms with Crippen LogP contribution in [0.5, 0.6) is 0 Å². The number of aliphatic hydroxyl groups excluding tert-OH is 1. The van der Waals surface area contributed by atoms with Crippen LogP contribution >= 0.6 is 0 Å². The average Bonchev–Trinajstić information content (AvgIpc) is 2.39. The molecule has 1 N–H and O–H groups in total. The minimum Gasteiger partial charge on any atom is -0.404 e. The normalized spacial score (nSPS) is 9.67. The zero-order valence-corrected chi connectivity index (χ0v) is 12.4. The molecule has 2 rings (SSSR count). The Balaban J connectivity index is 0.00000162. The van der Waals surface area contributed by atoms with Crippen molar-refractivity contribution >= 4 is 5.78 Å². The summed E-state index contributed by atoms with van der Waals surface area (Å²) in [6.07, 6.45) is 0. The summed E-state index contributed by atoms with van der Waals surface area (Å²) >= 11 is 0. The third-order valence-electron chi connectivity index (χ3n) is 2.47. The van der Waals surface area contributed by atoms with Crippen LogP contribution in [0.2, 0.25) is 0 Å². The summed E-state index contributed by atoms with van der Waals surface area (Å²) < 4.78 is 12.7. The van der Waals surface area contributed by atoms with E-state index >= 15 is 0 Å². The van der Waals surface area contributed by atoms with E-state index < -0.39 is 0 Å². The van der Waals surface area contributed by atoms with E-state index in [9.17, 15) is 9.18 Å². The van der Waals surface area contributed by atoms with Gasteiger partial charge >= 0.3 is 0 Å². The van der Waals surface area contributed by atoms with Crippen molar-refractivity contribution in [1.82, 2.24) is 0 Å². The van der Waals surface area contributed by atoms with Gasteiger partial charge in [0.15, 0.2) is 5.78 Å². The monoisotopic (exact) mass is 318 g/mol. The number of rotatable bonds is 3. The largest absolute Gasteiger partial charge is 0.404 e. The van der Waals surface area contributed by atoms with Crippen LogP contribution in [0.25, 0.3) is 0 Å². The van der Waals surface area contributed by atoms with Crippen LogP contribution in [0.3, 0.4) is 0 Å². The predicted octanol–water partition coefficient (Wildman–Crippen LogP) is 2.35. The topological polar surface area (TPSA) is 37.3 Å². The van der Waals surface area contributed by atoms with Crippen molar-refractivity contribution < 1.29 is 47.0 Å². The van der Waals surface area contributed by atoms with Crippen LogP contribution in [0.15, 0.2) is 42.5 Å². The SMILES string of the molecule is O=C(c1ccc(F)cc1)c1cc[c-]cc1CO.[Y]. The number of hydrogen-bond acceptors (Lipinski definition) is 2.